The summed E-state index contributed by atoms with van der Waals surface area (Å²) in [6, 6.07) is 3.03. The normalized spacial score (nSPS) is 11.3. The van der Waals surface area contributed by atoms with Crippen LogP contribution >= 0.6 is 0 Å². The number of rotatable bonds is 4. The third-order valence-corrected chi connectivity index (χ3v) is 1.91. The van der Waals surface area contributed by atoms with Gasteiger partial charge in [-0.15, -0.1) is 0 Å². The highest BCUT2D eigenvalue weighted by Crippen LogP contribution is 2.12. The fraction of sp³-hybridized carbons (Fsp3) is 0.182. The lowest BCUT2D eigenvalue weighted by Crippen LogP contribution is -2.03. The van der Waals surface area contributed by atoms with Crippen molar-refractivity contribution in [2.45, 2.75) is 6.92 Å². The highest BCUT2D eigenvalue weighted by molar-refractivity contribution is 5.85. The molecule has 0 aliphatic rings. The predicted octanol–water partition coefficient (Wildman–Crippen LogP) is 2.41. The van der Waals surface area contributed by atoms with Crippen molar-refractivity contribution in [3.05, 3.63) is 41.5 Å². The van der Waals surface area contributed by atoms with Crippen LogP contribution in [0, 0.1) is 11.6 Å². The van der Waals surface area contributed by atoms with Gasteiger partial charge in [0, 0.05) is 23.9 Å². The van der Waals surface area contributed by atoms with Crippen molar-refractivity contribution < 1.29 is 18.7 Å². The van der Waals surface area contributed by atoms with E-state index in [1.165, 1.54) is 13.0 Å². The van der Waals surface area contributed by atoms with Gasteiger partial charge in [-0.25, -0.2) is 13.6 Å². The van der Waals surface area contributed by atoms with E-state index >= 15 is 0 Å². The van der Waals surface area contributed by atoms with Crippen molar-refractivity contribution in [3.8, 4) is 0 Å². The number of carbonyl (C=O) groups is 1. The summed E-state index contributed by atoms with van der Waals surface area (Å²) in [5, 5.41) is 11.2. The van der Waals surface area contributed by atoms with E-state index in [0.29, 0.717) is 0 Å². The zero-order valence-electron chi connectivity index (χ0n) is 8.63. The van der Waals surface area contributed by atoms with Gasteiger partial charge in [-0.3, -0.25) is 0 Å². The average molecular weight is 227 g/mol. The van der Waals surface area contributed by atoms with E-state index in [1.54, 1.807) is 0 Å². The largest absolute Gasteiger partial charge is 0.478 e. The molecule has 0 amide bonds. The molecule has 0 heterocycles. The minimum absolute atomic E-state index is 0.171. The van der Waals surface area contributed by atoms with Crippen molar-refractivity contribution in [3.63, 3.8) is 0 Å². The molecule has 0 atom stereocenters. The lowest BCUT2D eigenvalue weighted by molar-refractivity contribution is -0.132. The van der Waals surface area contributed by atoms with Crippen molar-refractivity contribution in [2.24, 2.45) is 0 Å². The molecule has 0 saturated carbocycles. The maximum atomic E-state index is 12.8. The highest BCUT2D eigenvalue weighted by atomic mass is 19.1. The molecule has 0 unspecified atom stereocenters. The third-order valence-electron chi connectivity index (χ3n) is 1.91. The summed E-state index contributed by atoms with van der Waals surface area (Å²) < 4.78 is 25.5. The Balaban J connectivity index is 2.62. The summed E-state index contributed by atoms with van der Waals surface area (Å²) >= 11 is 0. The fourth-order valence-corrected chi connectivity index (χ4v) is 1.07. The molecule has 3 nitrogen and oxygen atoms in total. The monoisotopic (exact) mass is 227 g/mol. The Bertz CT molecular complexity index is 410. The molecule has 0 radical (unpaired) electrons. The van der Waals surface area contributed by atoms with Gasteiger partial charge >= 0.3 is 5.97 Å². The van der Waals surface area contributed by atoms with Crippen LogP contribution in [0.15, 0.2) is 29.8 Å². The number of carboxylic acids is 1. The van der Waals surface area contributed by atoms with E-state index in [-0.39, 0.29) is 17.8 Å². The molecule has 1 aromatic rings. The highest BCUT2D eigenvalue weighted by Gasteiger charge is 2.00. The Morgan fingerprint density at radius 2 is 1.94 bits per heavy atom. The van der Waals surface area contributed by atoms with Crippen LogP contribution in [0.5, 0.6) is 0 Å². The summed E-state index contributed by atoms with van der Waals surface area (Å²) in [6.07, 6.45) is 1.42. The summed E-state index contributed by atoms with van der Waals surface area (Å²) in [5.74, 6) is -2.38. The molecule has 2 N–H and O–H groups in total. The summed E-state index contributed by atoms with van der Waals surface area (Å²) in [6.45, 7) is 1.64. The van der Waals surface area contributed by atoms with Crippen molar-refractivity contribution in [2.75, 3.05) is 11.9 Å². The standard InChI is InChI=1S/C11H11F2NO2/c1-7(11(15)16)2-3-14-10-5-8(12)4-9(13)6-10/h2,4-6,14H,3H2,1H3,(H,15,16)/b7-2-. The molecule has 5 heteroatoms. The van der Waals surface area contributed by atoms with Gasteiger partial charge in [-0.05, 0) is 19.1 Å². The molecule has 0 aliphatic heterocycles. The van der Waals surface area contributed by atoms with Crippen LogP contribution in [-0.4, -0.2) is 17.6 Å². The maximum absolute atomic E-state index is 12.8. The number of hydrogen-bond donors (Lipinski definition) is 2. The second kappa shape index (κ2) is 5.25. The molecule has 0 aromatic heterocycles. The molecule has 16 heavy (non-hydrogen) atoms. The molecule has 0 bridgehead atoms. The zero-order valence-corrected chi connectivity index (χ0v) is 8.63. The van der Waals surface area contributed by atoms with Crippen LogP contribution < -0.4 is 5.32 Å². The van der Waals surface area contributed by atoms with E-state index in [1.807, 2.05) is 0 Å². The van der Waals surface area contributed by atoms with Gasteiger partial charge < -0.3 is 10.4 Å². The van der Waals surface area contributed by atoms with Gasteiger partial charge in [0.2, 0.25) is 0 Å². The first-order valence-electron chi connectivity index (χ1n) is 4.59. The second-order valence-electron chi connectivity index (χ2n) is 3.23. The third kappa shape index (κ3) is 3.68. The minimum atomic E-state index is -1.02. The van der Waals surface area contributed by atoms with E-state index in [4.69, 9.17) is 5.11 Å². The van der Waals surface area contributed by atoms with E-state index < -0.39 is 17.6 Å². The van der Waals surface area contributed by atoms with Gasteiger partial charge in [-0.2, -0.15) is 0 Å². The fourth-order valence-electron chi connectivity index (χ4n) is 1.07. The van der Waals surface area contributed by atoms with Gasteiger partial charge in [0.25, 0.3) is 0 Å². The molecule has 0 aliphatic carbocycles. The number of anilines is 1. The van der Waals surface area contributed by atoms with Gasteiger partial charge in [0.1, 0.15) is 11.6 Å². The second-order valence-corrected chi connectivity index (χ2v) is 3.23. The molecule has 1 rings (SSSR count). The Morgan fingerprint density at radius 3 is 2.44 bits per heavy atom. The van der Waals surface area contributed by atoms with Crippen LogP contribution in [0.4, 0.5) is 14.5 Å². The Morgan fingerprint density at radius 1 is 1.38 bits per heavy atom. The molecule has 1 aromatic carbocycles. The molecular formula is C11H11F2NO2. The number of hydrogen-bond acceptors (Lipinski definition) is 2. The van der Waals surface area contributed by atoms with E-state index in [2.05, 4.69) is 5.32 Å². The summed E-state index contributed by atoms with van der Waals surface area (Å²) in [7, 11) is 0. The molecule has 0 spiro atoms. The van der Waals surface area contributed by atoms with Gasteiger partial charge in [0.05, 0.1) is 0 Å². The number of halogens is 2. The molecule has 86 valence electrons. The predicted molar refractivity (Wildman–Crippen MR) is 56.2 cm³/mol. The topological polar surface area (TPSA) is 49.3 Å². The van der Waals surface area contributed by atoms with Crippen LogP contribution in [0.1, 0.15) is 6.92 Å². The number of nitrogens with one attached hydrogen (secondary N) is 1. The smallest absolute Gasteiger partial charge is 0.331 e. The first kappa shape index (κ1) is 12.2. The van der Waals surface area contributed by atoms with Gasteiger partial charge in [0.15, 0.2) is 0 Å². The molecule has 0 saturated heterocycles. The lowest BCUT2D eigenvalue weighted by Gasteiger charge is -2.04. The quantitative estimate of drug-likeness (QED) is 0.776. The molecular weight excluding hydrogens is 216 g/mol. The van der Waals surface area contributed by atoms with Crippen molar-refractivity contribution in [1.29, 1.82) is 0 Å². The Hall–Kier alpha value is -1.91. The van der Waals surface area contributed by atoms with E-state index in [0.717, 1.165) is 18.2 Å². The maximum Gasteiger partial charge on any atom is 0.331 e. The molecule has 0 fully saturated rings. The van der Waals surface area contributed by atoms with Gasteiger partial charge in [-0.1, -0.05) is 6.08 Å². The van der Waals surface area contributed by atoms with Crippen LogP contribution in [0.2, 0.25) is 0 Å². The van der Waals surface area contributed by atoms with Crippen LogP contribution in [-0.2, 0) is 4.79 Å². The average Bonchev–Trinajstić information content (AvgIpc) is 2.15. The van der Waals surface area contributed by atoms with E-state index in [9.17, 15) is 13.6 Å². The number of aliphatic carboxylic acids is 1. The number of carboxylic acid groups (broad SMARTS) is 1. The SMILES string of the molecule is C/C(=C/CNc1cc(F)cc(F)c1)C(=O)O. The van der Waals surface area contributed by atoms with Crippen molar-refractivity contribution >= 4 is 11.7 Å². The van der Waals surface area contributed by atoms with Crippen LogP contribution in [0.25, 0.3) is 0 Å². The summed E-state index contributed by atoms with van der Waals surface area (Å²) in [4.78, 5) is 10.4. The Kier molecular flexibility index (Phi) is 3.99. The zero-order chi connectivity index (χ0) is 12.1. The first-order valence-corrected chi connectivity index (χ1v) is 4.59. The first-order chi connectivity index (χ1) is 7.49. The lowest BCUT2D eigenvalue weighted by atomic mass is 10.2. The van der Waals surface area contributed by atoms with Crippen molar-refractivity contribution in [1.82, 2.24) is 0 Å². The summed E-state index contributed by atoms with van der Waals surface area (Å²) in [5.41, 5.74) is 0.441. The number of benzene rings is 1. The Labute approximate surface area is 91.4 Å². The van der Waals surface area contributed by atoms with Crippen LogP contribution in [0.3, 0.4) is 0 Å². The minimum Gasteiger partial charge on any atom is -0.478 e.